The van der Waals surface area contributed by atoms with Gasteiger partial charge in [-0.05, 0) is 56.5 Å². The number of carbonyl (C=O) groups excluding carboxylic acids is 2. The number of amides is 2. The lowest BCUT2D eigenvalue weighted by molar-refractivity contribution is -0.141. The van der Waals surface area contributed by atoms with Crippen LogP contribution in [0.25, 0.3) is 16.7 Å². The number of imidazole rings is 1. The Morgan fingerprint density at radius 2 is 2.00 bits per heavy atom. The Morgan fingerprint density at radius 3 is 2.68 bits per heavy atom. The number of rotatable bonds is 4. The van der Waals surface area contributed by atoms with Crippen LogP contribution in [0.15, 0.2) is 36.4 Å². The van der Waals surface area contributed by atoms with Crippen molar-refractivity contribution >= 4 is 22.8 Å². The molecule has 1 saturated heterocycles. The van der Waals surface area contributed by atoms with Gasteiger partial charge in [-0.15, -0.1) is 0 Å². The molecule has 2 fully saturated rings. The van der Waals surface area contributed by atoms with Crippen LogP contribution in [0.2, 0.25) is 0 Å². The third-order valence-corrected chi connectivity index (χ3v) is 7.65. The van der Waals surface area contributed by atoms with Crippen molar-refractivity contribution < 1.29 is 23.1 Å². The Bertz CT molecular complexity index is 1530. The number of carbonyl (C=O) groups is 2. The van der Waals surface area contributed by atoms with Crippen LogP contribution in [0.1, 0.15) is 60.9 Å². The molecule has 0 bridgehead atoms. The van der Waals surface area contributed by atoms with E-state index in [1.54, 1.807) is 28.6 Å². The van der Waals surface area contributed by atoms with E-state index in [4.69, 9.17) is 9.72 Å². The monoisotopic (exact) mass is 518 g/mol. The predicted octanol–water partition coefficient (Wildman–Crippen LogP) is 4.77. The molecule has 0 spiro atoms. The molecule has 3 heterocycles. The van der Waals surface area contributed by atoms with Gasteiger partial charge in [0.2, 0.25) is 5.91 Å². The van der Waals surface area contributed by atoms with Crippen molar-refractivity contribution in [3.63, 3.8) is 0 Å². The summed E-state index contributed by atoms with van der Waals surface area (Å²) >= 11 is 0. The highest BCUT2D eigenvalue weighted by molar-refractivity contribution is 6.00. The number of ether oxygens (including phenoxy) is 1. The fourth-order valence-electron chi connectivity index (χ4n) is 5.55. The molecular weight excluding hydrogens is 490 g/mol. The largest absolute Gasteiger partial charge is 0.433 e. The first-order valence-electron chi connectivity index (χ1n) is 12.9. The average Bonchev–Trinajstić information content (AvgIpc) is 3.67. The van der Waals surface area contributed by atoms with Crippen LogP contribution in [0.5, 0.6) is 5.75 Å². The van der Waals surface area contributed by atoms with E-state index in [1.165, 1.54) is 6.07 Å². The van der Waals surface area contributed by atoms with Crippen LogP contribution in [0.4, 0.5) is 8.78 Å². The number of likely N-dealkylation sites (tertiary alicyclic amines) is 1. The summed E-state index contributed by atoms with van der Waals surface area (Å²) in [6, 6.07) is 9.86. The fraction of sp³-hybridized carbons (Fsp3) is 0.414. The summed E-state index contributed by atoms with van der Waals surface area (Å²) in [5.41, 5.74) is 2.30. The molecule has 6 rings (SSSR count). The summed E-state index contributed by atoms with van der Waals surface area (Å²) in [6.07, 6.45) is 2.56. The Kier molecular flexibility index (Phi) is 5.67. The Labute approximate surface area is 219 Å². The first-order chi connectivity index (χ1) is 18.2. The summed E-state index contributed by atoms with van der Waals surface area (Å²) in [4.78, 5) is 34.0. The van der Waals surface area contributed by atoms with Gasteiger partial charge in [-0.1, -0.05) is 24.8 Å². The molecule has 2 aromatic carbocycles. The maximum absolute atomic E-state index is 13.4. The molecule has 3 aromatic rings. The van der Waals surface area contributed by atoms with Gasteiger partial charge in [0.15, 0.2) is 5.75 Å². The van der Waals surface area contributed by atoms with Gasteiger partial charge in [0.25, 0.3) is 5.91 Å². The summed E-state index contributed by atoms with van der Waals surface area (Å²) in [6.45, 7) is 2.20. The third kappa shape index (κ3) is 3.99. The lowest BCUT2D eigenvalue weighted by Crippen LogP contribution is -2.56. The number of nitrogens with zero attached hydrogens (tertiary/aromatic N) is 4. The van der Waals surface area contributed by atoms with Gasteiger partial charge < -0.3 is 14.5 Å². The number of hydrogen-bond acceptors (Lipinski definition) is 4. The number of hydrogen-bond donors (Lipinski definition) is 0. The van der Waals surface area contributed by atoms with Gasteiger partial charge >= 0.3 is 6.61 Å². The van der Waals surface area contributed by atoms with E-state index >= 15 is 0 Å². The van der Waals surface area contributed by atoms with Gasteiger partial charge in [-0.2, -0.15) is 8.78 Å². The fourth-order valence-corrected chi connectivity index (χ4v) is 5.55. The van der Waals surface area contributed by atoms with Crippen LogP contribution < -0.4 is 4.74 Å². The van der Waals surface area contributed by atoms with Crippen LogP contribution >= 0.6 is 0 Å². The minimum Gasteiger partial charge on any atom is -0.433 e. The van der Waals surface area contributed by atoms with Gasteiger partial charge in [-0.3, -0.25) is 14.2 Å². The number of aromatic nitrogens is 2. The highest BCUT2D eigenvalue weighted by Gasteiger charge is 2.44. The average molecular weight is 519 g/mol. The number of alkyl halides is 2. The molecule has 1 saturated carbocycles. The molecule has 1 aliphatic carbocycles. The second-order valence-corrected chi connectivity index (χ2v) is 10.7. The SMILES string of the molecule is CCC1c2nc3ccc(C#CC4(C)CN(C(=O)C5CC5)C4)cc3n2-c2c(OC(F)F)cccc2C(=O)N1C. The zero-order chi connectivity index (χ0) is 26.8. The quantitative estimate of drug-likeness (QED) is 0.467. The van der Waals surface area contributed by atoms with E-state index in [9.17, 15) is 18.4 Å². The highest BCUT2D eigenvalue weighted by atomic mass is 19.3. The Morgan fingerprint density at radius 1 is 1.24 bits per heavy atom. The van der Waals surface area contributed by atoms with E-state index in [1.807, 2.05) is 30.0 Å². The lowest BCUT2D eigenvalue weighted by Gasteiger charge is -2.45. The summed E-state index contributed by atoms with van der Waals surface area (Å²) in [5.74, 6) is 7.22. The van der Waals surface area contributed by atoms with Crippen molar-refractivity contribution in [3.8, 4) is 23.3 Å². The van der Waals surface area contributed by atoms with Gasteiger partial charge in [0.1, 0.15) is 11.5 Å². The van der Waals surface area contributed by atoms with Crippen molar-refractivity contribution in [2.24, 2.45) is 11.3 Å². The predicted molar refractivity (Wildman–Crippen MR) is 137 cm³/mol. The smallest absolute Gasteiger partial charge is 0.387 e. The minimum absolute atomic E-state index is 0.0876. The highest BCUT2D eigenvalue weighted by Crippen LogP contribution is 2.40. The van der Waals surface area contributed by atoms with Gasteiger partial charge in [-0.25, -0.2) is 4.98 Å². The van der Waals surface area contributed by atoms with E-state index in [0.29, 0.717) is 36.4 Å². The zero-order valence-electron chi connectivity index (χ0n) is 21.5. The van der Waals surface area contributed by atoms with Crippen molar-refractivity contribution in [1.82, 2.24) is 19.4 Å². The van der Waals surface area contributed by atoms with E-state index in [-0.39, 0.29) is 46.2 Å². The van der Waals surface area contributed by atoms with Crippen molar-refractivity contribution in [2.45, 2.75) is 45.8 Å². The second-order valence-electron chi connectivity index (χ2n) is 10.7. The van der Waals surface area contributed by atoms with E-state index in [0.717, 1.165) is 18.4 Å². The summed E-state index contributed by atoms with van der Waals surface area (Å²) in [7, 11) is 1.70. The van der Waals surface area contributed by atoms with Crippen molar-refractivity contribution in [2.75, 3.05) is 20.1 Å². The normalized spacial score (nSPS) is 19.8. The van der Waals surface area contributed by atoms with Gasteiger partial charge in [0, 0.05) is 31.6 Å². The maximum atomic E-state index is 13.4. The van der Waals surface area contributed by atoms with Crippen LogP contribution in [-0.2, 0) is 4.79 Å². The van der Waals surface area contributed by atoms with Gasteiger partial charge in [0.05, 0.1) is 28.1 Å². The molecule has 7 nitrogen and oxygen atoms in total. The molecule has 0 radical (unpaired) electrons. The second kappa shape index (κ2) is 8.83. The lowest BCUT2D eigenvalue weighted by atomic mass is 9.82. The molecule has 38 heavy (non-hydrogen) atoms. The van der Waals surface area contributed by atoms with E-state index < -0.39 is 6.61 Å². The molecule has 196 valence electrons. The number of para-hydroxylation sites is 1. The summed E-state index contributed by atoms with van der Waals surface area (Å²) < 4.78 is 33.4. The number of fused-ring (bicyclic) bond motifs is 5. The maximum Gasteiger partial charge on any atom is 0.387 e. The van der Waals surface area contributed by atoms with Crippen LogP contribution in [-0.4, -0.2) is 57.9 Å². The Hall–Kier alpha value is -3.93. The number of benzene rings is 2. The summed E-state index contributed by atoms with van der Waals surface area (Å²) in [5, 5.41) is 0. The third-order valence-electron chi connectivity index (χ3n) is 7.65. The first-order valence-corrected chi connectivity index (χ1v) is 12.9. The molecule has 2 amide bonds. The van der Waals surface area contributed by atoms with Crippen LogP contribution in [0.3, 0.4) is 0 Å². The topological polar surface area (TPSA) is 67.7 Å². The molecule has 0 N–H and O–H groups in total. The van der Waals surface area contributed by atoms with Crippen molar-refractivity contribution in [3.05, 3.63) is 53.3 Å². The first kappa shape index (κ1) is 24.4. The molecule has 3 aliphatic rings. The van der Waals surface area contributed by atoms with Crippen LogP contribution in [0, 0.1) is 23.2 Å². The standard InChI is InChI=1S/C29H28F2N4O3/c1-4-21-25-32-20-11-8-17(12-13-29(2)15-34(16-29)26(36)18-9-10-18)14-22(20)35(25)24-19(27(37)33(21)3)6-5-7-23(24)38-28(30)31/h5-8,11,14,18,21,28H,4,9-10,15-16H2,1-3H3. The molecule has 1 unspecified atom stereocenters. The van der Waals surface area contributed by atoms with Crippen molar-refractivity contribution in [1.29, 1.82) is 0 Å². The number of halogens is 2. The minimum atomic E-state index is -3.05. The van der Waals surface area contributed by atoms with E-state index in [2.05, 4.69) is 18.8 Å². The molecule has 9 heteroatoms. The Balaban J connectivity index is 1.44. The molecular formula is C29H28F2N4O3. The molecule has 1 aromatic heterocycles. The zero-order valence-corrected chi connectivity index (χ0v) is 21.5. The molecule has 1 atom stereocenters. The molecule has 2 aliphatic heterocycles.